The van der Waals surface area contributed by atoms with E-state index in [0.29, 0.717) is 15.2 Å². The van der Waals surface area contributed by atoms with Crippen molar-refractivity contribution in [3.8, 4) is 0 Å². The van der Waals surface area contributed by atoms with E-state index in [2.05, 4.69) is 42.6 Å². The summed E-state index contributed by atoms with van der Waals surface area (Å²) < 4.78 is 2.15. The zero-order chi connectivity index (χ0) is 23.0. The number of amides is 1. The summed E-state index contributed by atoms with van der Waals surface area (Å²) in [5, 5.41) is 7.87. The van der Waals surface area contributed by atoms with Gasteiger partial charge < -0.3 is 9.88 Å². The molecule has 0 saturated carbocycles. The molecule has 0 aliphatic carbocycles. The first-order valence-corrected chi connectivity index (χ1v) is 12.1. The molecule has 166 valence electrons. The van der Waals surface area contributed by atoms with Crippen molar-refractivity contribution in [2.75, 3.05) is 5.32 Å². The van der Waals surface area contributed by atoms with Crippen molar-refractivity contribution in [2.24, 2.45) is 0 Å². The van der Waals surface area contributed by atoms with Gasteiger partial charge in [0.15, 0.2) is 5.13 Å². The lowest BCUT2D eigenvalue weighted by Crippen LogP contribution is -2.15. The lowest BCUT2D eigenvalue weighted by atomic mass is 9.93. The van der Waals surface area contributed by atoms with Gasteiger partial charge in [-0.1, -0.05) is 62.2 Å². The highest BCUT2D eigenvalue weighted by molar-refractivity contribution is 7.13. The van der Waals surface area contributed by atoms with Crippen molar-refractivity contribution < 1.29 is 4.79 Å². The Kier molecular flexibility index (Phi) is 6.35. The molecule has 32 heavy (non-hydrogen) atoms. The number of benzene rings is 2. The third-order valence-electron chi connectivity index (χ3n) is 5.52. The first-order valence-electron chi connectivity index (χ1n) is 10.4. The van der Waals surface area contributed by atoms with Crippen LogP contribution in [-0.2, 0) is 16.6 Å². The topological polar surface area (TPSA) is 46.9 Å². The van der Waals surface area contributed by atoms with Crippen LogP contribution in [0.15, 0.2) is 54.0 Å². The zero-order valence-corrected chi connectivity index (χ0v) is 20.8. The number of fused-ring (bicyclic) bond motifs is 1. The number of nitrogens with one attached hydrogen (secondary N) is 1. The van der Waals surface area contributed by atoms with Gasteiger partial charge in [-0.25, -0.2) is 4.98 Å². The third-order valence-corrected chi connectivity index (χ3v) is 6.86. The summed E-state index contributed by atoms with van der Waals surface area (Å²) in [6.07, 6.45) is 2.25. The van der Waals surface area contributed by atoms with Crippen molar-refractivity contribution >= 4 is 56.5 Å². The number of nitrogens with zero attached hydrogens (tertiary/aromatic N) is 2. The first kappa shape index (κ1) is 22.8. The van der Waals surface area contributed by atoms with Gasteiger partial charge in [-0.15, -0.1) is 11.3 Å². The molecule has 7 heteroatoms. The number of carbonyl (C=O) groups is 1. The highest BCUT2D eigenvalue weighted by Crippen LogP contribution is 2.33. The molecular weight excluding hydrogens is 461 g/mol. The summed E-state index contributed by atoms with van der Waals surface area (Å²) >= 11 is 14.2. The van der Waals surface area contributed by atoms with Crippen LogP contribution in [0.5, 0.6) is 0 Å². The van der Waals surface area contributed by atoms with Crippen LogP contribution in [0.3, 0.4) is 0 Å². The highest BCUT2D eigenvalue weighted by atomic mass is 35.5. The van der Waals surface area contributed by atoms with E-state index >= 15 is 0 Å². The van der Waals surface area contributed by atoms with Crippen molar-refractivity contribution in [1.29, 1.82) is 0 Å². The molecule has 2 aromatic carbocycles. The molecule has 1 atom stereocenters. The van der Waals surface area contributed by atoms with Gasteiger partial charge in [-0.2, -0.15) is 0 Å². The molecular formula is C25H25Cl2N3OS. The molecule has 0 spiro atoms. The van der Waals surface area contributed by atoms with Crippen molar-refractivity contribution in [3.05, 3.63) is 80.9 Å². The lowest BCUT2D eigenvalue weighted by Gasteiger charge is -2.17. The van der Waals surface area contributed by atoms with Crippen LogP contribution < -0.4 is 5.32 Å². The normalized spacial score (nSPS) is 12.8. The molecule has 0 bridgehead atoms. The second-order valence-electron chi connectivity index (χ2n) is 8.93. The van der Waals surface area contributed by atoms with E-state index in [1.807, 2.05) is 54.0 Å². The Bertz CT molecular complexity index is 1290. The van der Waals surface area contributed by atoms with E-state index in [9.17, 15) is 4.79 Å². The minimum absolute atomic E-state index is 0.00232. The number of carbonyl (C=O) groups excluding carboxylic acids is 1. The van der Waals surface area contributed by atoms with E-state index < -0.39 is 0 Å². The molecule has 0 saturated heterocycles. The fourth-order valence-corrected chi connectivity index (χ4v) is 5.15. The summed E-state index contributed by atoms with van der Waals surface area (Å²) in [6.45, 7) is 8.41. The van der Waals surface area contributed by atoms with Crippen molar-refractivity contribution in [2.45, 2.75) is 45.6 Å². The number of hydrogen-bond acceptors (Lipinski definition) is 3. The Morgan fingerprint density at radius 2 is 1.94 bits per heavy atom. The Morgan fingerprint density at radius 3 is 2.62 bits per heavy atom. The van der Waals surface area contributed by atoms with Gasteiger partial charge >= 0.3 is 0 Å². The van der Waals surface area contributed by atoms with Gasteiger partial charge in [0.25, 0.3) is 0 Å². The molecule has 4 aromatic rings. The summed E-state index contributed by atoms with van der Waals surface area (Å²) in [5.41, 5.74) is 3.85. The van der Waals surface area contributed by atoms with Crippen LogP contribution in [0.1, 0.15) is 50.6 Å². The average Bonchev–Trinajstić information content (AvgIpc) is 3.33. The molecule has 2 heterocycles. The molecule has 0 aliphatic rings. The quantitative estimate of drug-likeness (QED) is 0.318. The van der Waals surface area contributed by atoms with Gasteiger partial charge in [0.1, 0.15) is 0 Å². The summed E-state index contributed by atoms with van der Waals surface area (Å²) in [5.74, 6) is -0.107. The van der Waals surface area contributed by atoms with Crippen LogP contribution in [0, 0.1) is 0 Å². The Balaban J connectivity index is 1.64. The minimum atomic E-state index is -0.107. The van der Waals surface area contributed by atoms with E-state index in [1.165, 1.54) is 11.3 Å². The van der Waals surface area contributed by atoms with Crippen LogP contribution in [-0.4, -0.2) is 15.5 Å². The highest BCUT2D eigenvalue weighted by Gasteiger charge is 2.20. The van der Waals surface area contributed by atoms with Gasteiger partial charge in [0.2, 0.25) is 5.91 Å². The fraction of sp³-hybridized carbons (Fsp3) is 0.280. The predicted molar refractivity (Wildman–Crippen MR) is 135 cm³/mol. The Hall–Kier alpha value is -2.34. The summed E-state index contributed by atoms with van der Waals surface area (Å²) in [7, 11) is 0. The molecule has 0 aliphatic heterocycles. The maximum absolute atomic E-state index is 12.9. The van der Waals surface area contributed by atoms with Crippen LogP contribution in [0.4, 0.5) is 5.13 Å². The SMILES string of the molecule is CC(c1ccccc1Cl)n1cc(CC(=O)Nc2nc(C(C)(C)C)cs2)c2cc(Cl)ccc21. The van der Waals surface area contributed by atoms with Crippen molar-refractivity contribution in [3.63, 3.8) is 0 Å². The second kappa shape index (κ2) is 8.89. The summed E-state index contributed by atoms with van der Waals surface area (Å²) in [6, 6.07) is 13.6. The van der Waals surface area contributed by atoms with Gasteiger partial charge in [0, 0.05) is 37.9 Å². The van der Waals surface area contributed by atoms with E-state index in [1.54, 1.807) is 0 Å². The molecule has 4 rings (SSSR count). The molecule has 1 unspecified atom stereocenters. The number of anilines is 1. The number of hydrogen-bond donors (Lipinski definition) is 1. The molecule has 4 nitrogen and oxygen atoms in total. The number of rotatable bonds is 5. The van der Waals surface area contributed by atoms with Crippen LogP contribution in [0.25, 0.3) is 10.9 Å². The maximum Gasteiger partial charge on any atom is 0.230 e. The molecule has 2 aromatic heterocycles. The monoisotopic (exact) mass is 485 g/mol. The largest absolute Gasteiger partial charge is 0.340 e. The Labute approximate surface area is 202 Å². The lowest BCUT2D eigenvalue weighted by molar-refractivity contribution is -0.115. The standard InChI is InChI=1S/C25H25Cl2N3OS/c1-15(18-7-5-6-8-20(18)27)30-13-16(19-12-17(26)9-10-21(19)30)11-23(31)29-24-28-22(14-32-24)25(2,3)4/h5-10,12-15H,11H2,1-4H3,(H,28,29,31). The minimum Gasteiger partial charge on any atom is -0.340 e. The summed E-state index contributed by atoms with van der Waals surface area (Å²) in [4.78, 5) is 17.4. The molecule has 0 radical (unpaired) electrons. The van der Waals surface area contributed by atoms with E-state index in [0.717, 1.165) is 27.7 Å². The second-order valence-corrected chi connectivity index (χ2v) is 10.6. The number of thiazole rings is 1. The van der Waals surface area contributed by atoms with Gasteiger partial charge in [0.05, 0.1) is 18.2 Å². The fourth-order valence-electron chi connectivity index (χ4n) is 3.73. The number of aromatic nitrogens is 2. The molecule has 0 fully saturated rings. The predicted octanol–water partition coefficient (Wildman–Crippen LogP) is 7.49. The van der Waals surface area contributed by atoms with Crippen molar-refractivity contribution in [1.82, 2.24) is 9.55 Å². The number of halogens is 2. The van der Waals surface area contributed by atoms with Crippen LogP contribution >= 0.6 is 34.5 Å². The van der Waals surface area contributed by atoms with Gasteiger partial charge in [-0.3, -0.25) is 4.79 Å². The molecule has 1 N–H and O–H groups in total. The maximum atomic E-state index is 12.9. The Morgan fingerprint density at radius 1 is 1.19 bits per heavy atom. The van der Waals surface area contributed by atoms with Gasteiger partial charge in [-0.05, 0) is 42.3 Å². The van der Waals surface area contributed by atoms with E-state index in [4.69, 9.17) is 23.2 Å². The average molecular weight is 486 g/mol. The zero-order valence-electron chi connectivity index (χ0n) is 18.4. The third kappa shape index (κ3) is 4.70. The van der Waals surface area contributed by atoms with Crippen LogP contribution in [0.2, 0.25) is 10.0 Å². The first-order chi connectivity index (χ1) is 15.1. The van der Waals surface area contributed by atoms with E-state index in [-0.39, 0.29) is 23.8 Å². The molecule has 1 amide bonds. The smallest absolute Gasteiger partial charge is 0.230 e.